The molecule has 1 aromatic rings. The van der Waals surface area contributed by atoms with E-state index in [1.807, 2.05) is 5.32 Å². The first kappa shape index (κ1) is 12.0. The zero-order chi connectivity index (χ0) is 12.6. The SMILES string of the molecule is O=C1N[C@H](c2c(F)cccc2Cl)C(F)(F)CO1. The Kier molecular flexibility index (Phi) is 2.91. The lowest BCUT2D eigenvalue weighted by molar-refractivity contribution is -0.104. The molecule has 1 aliphatic rings. The summed E-state index contributed by atoms with van der Waals surface area (Å²) >= 11 is 5.67. The first-order chi connectivity index (χ1) is 7.92. The normalized spacial score (nSPS) is 22.8. The van der Waals surface area contributed by atoms with E-state index in [2.05, 4.69) is 4.74 Å². The van der Waals surface area contributed by atoms with Gasteiger partial charge >= 0.3 is 12.0 Å². The minimum absolute atomic E-state index is 0.170. The largest absolute Gasteiger partial charge is 0.443 e. The summed E-state index contributed by atoms with van der Waals surface area (Å²) in [5.41, 5.74) is -0.434. The van der Waals surface area contributed by atoms with Crippen LogP contribution in [0.4, 0.5) is 18.0 Å². The van der Waals surface area contributed by atoms with Gasteiger partial charge in [0.25, 0.3) is 0 Å². The Morgan fingerprint density at radius 1 is 1.47 bits per heavy atom. The predicted octanol–water partition coefficient (Wildman–Crippen LogP) is 2.90. The third-order valence-electron chi connectivity index (χ3n) is 2.37. The second-order valence-corrected chi connectivity index (χ2v) is 3.96. The molecule has 0 aromatic heterocycles. The number of cyclic esters (lactones) is 1. The van der Waals surface area contributed by atoms with E-state index >= 15 is 0 Å². The van der Waals surface area contributed by atoms with E-state index < -0.39 is 36.0 Å². The van der Waals surface area contributed by atoms with Gasteiger partial charge in [-0.15, -0.1) is 0 Å². The second-order valence-electron chi connectivity index (χ2n) is 3.55. The average molecular weight is 266 g/mol. The highest BCUT2D eigenvalue weighted by molar-refractivity contribution is 6.31. The number of alkyl carbamates (subject to hydrolysis) is 1. The first-order valence-corrected chi connectivity index (χ1v) is 5.04. The number of rotatable bonds is 1. The number of carbonyl (C=O) groups is 1. The molecule has 1 amide bonds. The van der Waals surface area contributed by atoms with Gasteiger partial charge < -0.3 is 10.1 Å². The van der Waals surface area contributed by atoms with Crippen molar-refractivity contribution in [3.8, 4) is 0 Å². The predicted molar refractivity (Wildman–Crippen MR) is 53.6 cm³/mol. The van der Waals surface area contributed by atoms with Gasteiger partial charge in [0.2, 0.25) is 0 Å². The van der Waals surface area contributed by atoms with Crippen LogP contribution in [0, 0.1) is 5.82 Å². The molecule has 3 nitrogen and oxygen atoms in total. The van der Waals surface area contributed by atoms with Gasteiger partial charge in [-0.3, -0.25) is 0 Å². The van der Waals surface area contributed by atoms with Crippen LogP contribution < -0.4 is 5.32 Å². The van der Waals surface area contributed by atoms with Crippen LogP contribution >= 0.6 is 11.6 Å². The molecule has 1 N–H and O–H groups in total. The number of benzene rings is 1. The van der Waals surface area contributed by atoms with Crippen molar-refractivity contribution in [1.82, 2.24) is 5.32 Å². The van der Waals surface area contributed by atoms with Gasteiger partial charge in [-0.1, -0.05) is 17.7 Å². The Morgan fingerprint density at radius 2 is 2.18 bits per heavy atom. The number of amides is 1. The molecular weight excluding hydrogens is 259 g/mol. The van der Waals surface area contributed by atoms with E-state index in [4.69, 9.17) is 11.6 Å². The van der Waals surface area contributed by atoms with E-state index in [9.17, 15) is 18.0 Å². The van der Waals surface area contributed by atoms with E-state index in [1.165, 1.54) is 12.1 Å². The van der Waals surface area contributed by atoms with Crippen LogP contribution in [0.15, 0.2) is 18.2 Å². The monoisotopic (exact) mass is 265 g/mol. The maximum Gasteiger partial charge on any atom is 0.408 e. The molecule has 1 heterocycles. The Hall–Kier alpha value is -1.43. The van der Waals surface area contributed by atoms with Crippen molar-refractivity contribution in [3.05, 3.63) is 34.6 Å². The van der Waals surface area contributed by atoms with Crippen LogP contribution in [-0.2, 0) is 4.74 Å². The summed E-state index contributed by atoms with van der Waals surface area (Å²) in [6.07, 6.45) is -1.03. The van der Waals surface area contributed by atoms with Crippen molar-refractivity contribution in [3.63, 3.8) is 0 Å². The summed E-state index contributed by atoms with van der Waals surface area (Å²) in [6, 6.07) is 1.74. The zero-order valence-electron chi connectivity index (χ0n) is 8.34. The molecule has 0 spiro atoms. The maximum absolute atomic E-state index is 13.5. The molecule has 0 unspecified atom stereocenters. The van der Waals surface area contributed by atoms with Crippen molar-refractivity contribution in [2.24, 2.45) is 0 Å². The number of nitrogens with one attached hydrogen (secondary N) is 1. The molecule has 17 heavy (non-hydrogen) atoms. The summed E-state index contributed by atoms with van der Waals surface area (Å²) in [5, 5.41) is 1.70. The molecule has 1 saturated heterocycles. The Balaban J connectivity index is 2.46. The van der Waals surface area contributed by atoms with Crippen molar-refractivity contribution in [1.29, 1.82) is 0 Å². The van der Waals surface area contributed by atoms with E-state index in [0.717, 1.165) is 6.07 Å². The van der Waals surface area contributed by atoms with Crippen molar-refractivity contribution >= 4 is 17.7 Å². The van der Waals surface area contributed by atoms with Gasteiger partial charge in [0, 0.05) is 10.6 Å². The molecule has 1 aliphatic heterocycles. The number of carbonyl (C=O) groups excluding carboxylic acids is 1. The van der Waals surface area contributed by atoms with Gasteiger partial charge in [0.05, 0.1) is 0 Å². The molecule has 0 bridgehead atoms. The highest BCUT2D eigenvalue weighted by atomic mass is 35.5. The molecule has 0 saturated carbocycles. The highest BCUT2D eigenvalue weighted by Crippen LogP contribution is 2.38. The van der Waals surface area contributed by atoms with Gasteiger partial charge in [0.1, 0.15) is 11.9 Å². The van der Waals surface area contributed by atoms with E-state index in [1.54, 1.807) is 0 Å². The summed E-state index contributed by atoms with van der Waals surface area (Å²) in [7, 11) is 0. The molecule has 0 aliphatic carbocycles. The third-order valence-corrected chi connectivity index (χ3v) is 2.70. The van der Waals surface area contributed by atoms with Gasteiger partial charge in [-0.05, 0) is 12.1 Å². The fourth-order valence-corrected chi connectivity index (χ4v) is 1.85. The Morgan fingerprint density at radius 3 is 2.82 bits per heavy atom. The van der Waals surface area contributed by atoms with Crippen LogP contribution in [0.3, 0.4) is 0 Å². The number of alkyl halides is 2. The van der Waals surface area contributed by atoms with Crippen LogP contribution in [0.1, 0.15) is 11.6 Å². The van der Waals surface area contributed by atoms with Crippen LogP contribution in [0.5, 0.6) is 0 Å². The lowest BCUT2D eigenvalue weighted by Crippen LogP contribution is -2.50. The van der Waals surface area contributed by atoms with Gasteiger partial charge in [-0.25, -0.2) is 18.0 Å². The average Bonchev–Trinajstić information content (AvgIpc) is 2.23. The van der Waals surface area contributed by atoms with Crippen LogP contribution in [0.25, 0.3) is 0 Å². The lowest BCUT2D eigenvalue weighted by Gasteiger charge is -2.32. The quantitative estimate of drug-likeness (QED) is 0.848. The minimum atomic E-state index is -3.42. The molecular formula is C10H7ClF3NO2. The summed E-state index contributed by atoms with van der Waals surface area (Å²) < 4.78 is 44.7. The third kappa shape index (κ3) is 2.17. The summed E-state index contributed by atoms with van der Waals surface area (Å²) in [6.45, 7) is -1.10. The fraction of sp³-hybridized carbons (Fsp3) is 0.300. The first-order valence-electron chi connectivity index (χ1n) is 4.67. The summed E-state index contributed by atoms with van der Waals surface area (Å²) in [4.78, 5) is 10.9. The second kappa shape index (κ2) is 4.10. The lowest BCUT2D eigenvalue weighted by atomic mass is 9.99. The number of ether oxygens (including phenoxy) is 1. The highest BCUT2D eigenvalue weighted by Gasteiger charge is 2.48. The molecule has 1 fully saturated rings. The number of hydrogen-bond donors (Lipinski definition) is 1. The fourth-order valence-electron chi connectivity index (χ4n) is 1.58. The molecule has 92 valence electrons. The maximum atomic E-state index is 13.5. The molecule has 2 rings (SSSR count). The number of halogens is 4. The standard InChI is InChI=1S/C10H7ClF3NO2/c11-5-2-1-3-6(12)7(5)8-10(13,14)4-17-9(16)15-8/h1-3,8H,4H2,(H,15,16)/t8-/m1/s1. The van der Waals surface area contributed by atoms with Gasteiger partial charge in [0.15, 0.2) is 6.61 Å². The zero-order valence-corrected chi connectivity index (χ0v) is 9.10. The Bertz CT molecular complexity index is 447. The number of hydrogen-bond acceptors (Lipinski definition) is 2. The molecule has 7 heteroatoms. The van der Waals surface area contributed by atoms with Crippen molar-refractivity contribution in [2.45, 2.75) is 12.0 Å². The minimum Gasteiger partial charge on any atom is -0.443 e. The van der Waals surface area contributed by atoms with E-state index in [-0.39, 0.29) is 5.02 Å². The van der Waals surface area contributed by atoms with Gasteiger partial charge in [-0.2, -0.15) is 0 Å². The van der Waals surface area contributed by atoms with Crippen molar-refractivity contribution < 1.29 is 22.7 Å². The smallest absolute Gasteiger partial charge is 0.408 e. The Labute approximate surface area is 99.5 Å². The van der Waals surface area contributed by atoms with Crippen molar-refractivity contribution in [2.75, 3.05) is 6.61 Å². The summed E-state index contributed by atoms with van der Waals surface area (Å²) in [5.74, 6) is -4.32. The topological polar surface area (TPSA) is 38.3 Å². The van der Waals surface area contributed by atoms with Crippen LogP contribution in [-0.4, -0.2) is 18.6 Å². The molecule has 0 radical (unpaired) electrons. The molecule has 1 aromatic carbocycles. The van der Waals surface area contributed by atoms with Crippen LogP contribution in [0.2, 0.25) is 5.02 Å². The van der Waals surface area contributed by atoms with E-state index in [0.29, 0.717) is 0 Å². The molecule has 1 atom stereocenters.